The number of aromatic amines is 1. The minimum Gasteiger partial charge on any atom is -0.497 e. The summed E-state index contributed by atoms with van der Waals surface area (Å²) in [5.41, 5.74) is 3.10. The van der Waals surface area contributed by atoms with Gasteiger partial charge < -0.3 is 14.1 Å². The first-order valence-electron chi connectivity index (χ1n) is 9.62. The van der Waals surface area contributed by atoms with Crippen molar-refractivity contribution in [3.63, 3.8) is 0 Å². The number of methoxy groups -OCH3 is 1. The van der Waals surface area contributed by atoms with Crippen molar-refractivity contribution in [1.82, 2.24) is 19.9 Å². The van der Waals surface area contributed by atoms with Gasteiger partial charge in [-0.2, -0.15) is 0 Å². The van der Waals surface area contributed by atoms with Crippen molar-refractivity contribution >= 4 is 22.5 Å². The third-order valence-corrected chi connectivity index (χ3v) is 5.67. The van der Waals surface area contributed by atoms with Crippen LogP contribution in [0.4, 0.5) is 0 Å². The molecule has 7 nitrogen and oxygen atoms in total. The number of furan rings is 1. The number of hydrogen-bond acceptors (Lipinski definition) is 6. The van der Waals surface area contributed by atoms with Gasteiger partial charge >= 0.3 is 0 Å². The van der Waals surface area contributed by atoms with E-state index < -0.39 is 0 Å². The van der Waals surface area contributed by atoms with E-state index in [9.17, 15) is 4.79 Å². The first kappa shape index (κ1) is 18.8. The number of benzene rings is 1. The number of ether oxygens (including phenoxy) is 1. The molecule has 0 saturated heterocycles. The zero-order chi connectivity index (χ0) is 20.7. The fraction of sp³-hybridized carbons (Fsp3) is 0.227. The minimum atomic E-state index is -0.136. The molecule has 3 aromatic heterocycles. The Balaban J connectivity index is 1.41. The van der Waals surface area contributed by atoms with Gasteiger partial charge in [0.05, 0.1) is 30.1 Å². The molecule has 4 aromatic rings. The van der Waals surface area contributed by atoms with Crippen molar-refractivity contribution in [3.8, 4) is 17.3 Å². The van der Waals surface area contributed by atoms with Crippen LogP contribution in [-0.4, -0.2) is 33.5 Å². The molecule has 1 aromatic carbocycles. The molecule has 8 heteroatoms. The number of aromatic nitrogens is 3. The lowest BCUT2D eigenvalue weighted by Crippen LogP contribution is -2.35. The van der Waals surface area contributed by atoms with Gasteiger partial charge in [0.15, 0.2) is 11.6 Å². The van der Waals surface area contributed by atoms with Crippen LogP contribution < -0.4 is 10.3 Å². The third-order valence-electron chi connectivity index (χ3n) is 5.34. The van der Waals surface area contributed by atoms with Crippen molar-refractivity contribution in [2.24, 2.45) is 0 Å². The van der Waals surface area contributed by atoms with Crippen molar-refractivity contribution in [2.45, 2.75) is 19.5 Å². The van der Waals surface area contributed by atoms with Gasteiger partial charge in [-0.3, -0.25) is 9.69 Å². The summed E-state index contributed by atoms with van der Waals surface area (Å²) in [5.74, 6) is 1.80. The normalized spacial score (nSPS) is 14.1. The average Bonchev–Trinajstić information content (AvgIpc) is 3.29. The summed E-state index contributed by atoms with van der Waals surface area (Å²) in [6.45, 7) is 1.87. The molecule has 5 rings (SSSR count). The lowest BCUT2D eigenvalue weighted by Gasteiger charge is -2.27. The summed E-state index contributed by atoms with van der Waals surface area (Å²) >= 11 is 6.45. The largest absolute Gasteiger partial charge is 0.497 e. The molecule has 0 atom stereocenters. The maximum Gasteiger partial charge on any atom is 0.256 e. The van der Waals surface area contributed by atoms with Crippen LogP contribution in [0.3, 0.4) is 0 Å². The summed E-state index contributed by atoms with van der Waals surface area (Å²) in [7, 11) is 1.64. The summed E-state index contributed by atoms with van der Waals surface area (Å²) in [4.78, 5) is 26.8. The predicted octanol–water partition coefficient (Wildman–Crippen LogP) is 3.80. The van der Waals surface area contributed by atoms with E-state index in [2.05, 4.69) is 19.9 Å². The topological polar surface area (TPSA) is 84.2 Å². The van der Waals surface area contributed by atoms with Crippen LogP contribution in [0.25, 0.3) is 22.5 Å². The van der Waals surface area contributed by atoms with Gasteiger partial charge in [0.2, 0.25) is 0 Å². The van der Waals surface area contributed by atoms with Crippen LogP contribution in [0.2, 0.25) is 5.15 Å². The average molecular weight is 423 g/mol. The standard InChI is InChI=1S/C22H19ClN4O3/c1-29-15-4-5-17-13(10-15)9-14(20(23)24-17)11-27-7-6-18-16(12-27)22(28)26-21(25-18)19-3-2-8-30-19/h2-5,8-10H,6-7,11-12H2,1H3,(H,25,26,28). The van der Waals surface area contributed by atoms with Crippen molar-refractivity contribution < 1.29 is 9.15 Å². The molecule has 4 heterocycles. The first-order chi connectivity index (χ1) is 14.6. The Hall–Kier alpha value is -3.16. The maximum absolute atomic E-state index is 12.7. The van der Waals surface area contributed by atoms with E-state index in [-0.39, 0.29) is 5.56 Å². The first-order valence-corrected chi connectivity index (χ1v) is 10.00. The zero-order valence-corrected chi connectivity index (χ0v) is 17.1. The van der Waals surface area contributed by atoms with Crippen LogP contribution in [-0.2, 0) is 19.5 Å². The van der Waals surface area contributed by atoms with Gasteiger partial charge in [-0.25, -0.2) is 9.97 Å². The van der Waals surface area contributed by atoms with Crippen LogP contribution >= 0.6 is 11.6 Å². The van der Waals surface area contributed by atoms with Crippen molar-refractivity contribution in [1.29, 1.82) is 0 Å². The van der Waals surface area contributed by atoms with Crippen LogP contribution in [0, 0.1) is 0 Å². The van der Waals surface area contributed by atoms with E-state index in [0.717, 1.165) is 34.5 Å². The molecule has 0 saturated carbocycles. The van der Waals surface area contributed by atoms with Crippen LogP contribution in [0.1, 0.15) is 16.8 Å². The molecule has 0 radical (unpaired) electrons. The lowest BCUT2D eigenvalue weighted by molar-refractivity contribution is 0.241. The molecule has 1 N–H and O–H groups in total. The van der Waals surface area contributed by atoms with E-state index in [1.807, 2.05) is 24.3 Å². The summed E-state index contributed by atoms with van der Waals surface area (Å²) < 4.78 is 10.7. The summed E-state index contributed by atoms with van der Waals surface area (Å²) in [5, 5.41) is 1.44. The Labute approximate surface area is 177 Å². The van der Waals surface area contributed by atoms with E-state index in [4.69, 9.17) is 20.8 Å². The molecule has 30 heavy (non-hydrogen) atoms. The molecular formula is C22H19ClN4O3. The Morgan fingerprint density at radius 3 is 2.97 bits per heavy atom. The number of rotatable bonds is 4. The Bertz CT molecular complexity index is 1280. The molecule has 1 aliphatic rings. The summed E-state index contributed by atoms with van der Waals surface area (Å²) in [6, 6.07) is 11.3. The smallest absolute Gasteiger partial charge is 0.256 e. The zero-order valence-electron chi connectivity index (χ0n) is 16.3. The van der Waals surface area contributed by atoms with Crippen molar-refractivity contribution in [2.75, 3.05) is 13.7 Å². The molecule has 1 aliphatic heterocycles. The number of halogens is 1. The fourth-order valence-corrected chi connectivity index (χ4v) is 4.00. The fourth-order valence-electron chi connectivity index (χ4n) is 3.80. The highest BCUT2D eigenvalue weighted by molar-refractivity contribution is 6.30. The molecule has 152 valence electrons. The second-order valence-electron chi connectivity index (χ2n) is 7.27. The highest BCUT2D eigenvalue weighted by atomic mass is 35.5. The quantitative estimate of drug-likeness (QED) is 0.503. The number of nitrogens with one attached hydrogen (secondary N) is 1. The summed E-state index contributed by atoms with van der Waals surface area (Å²) in [6.07, 6.45) is 2.24. The molecule has 0 amide bonds. The molecule has 0 bridgehead atoms. The van der Waals surface area contributed by atoms with Gasteiger partial charge in [0.25, 0.3) is 5.56 Å². The number of nitrogens with zero attached hydrogens (tertiary/aromatic N) is 3. The Kier molecular flexibility index (Phi) is 4.77. The lowest BCUT2D eigenvalue weighted by atomic mass is 10.1. The van der Waals surface area contributed by atoms with Crippen LogP contribution in [0.15, 0.2) is 51.9 Å². The van der Waals surface area contributed by atoms with Gasteiger partial charge in [-0.1, -0.05) is 11.6 Å². The predicted molar refractivity (Wildman–Crippen MR) is 114 cm³/mol. The molecular weight excluding hydrogens is 404 g/mol. The molecule has 0 fully saturated rings. The van der Waals surface area contributed by atoms with E-state index in [1.165, 1.54) is 0 Å². The number of pyridine rings is 1. The Morgan fingerprint density at radius 2 is 2.17 bits per heavy atom. The highest BCUT2D eigenvalue weighted by Crippen LogP contribution is 2.27. The monoisotopic (exact) mass is 422 g/mol. The number of H-pyrrole nitrogens is 1. The maximum atomic E-state index is 12.7. The number of hydrogen-bond donors (Lipinski definition) is 1. The highest BCUT2D eigenvalue weighted by Gasteiger charge is 2.23. The van der Waals surface area contributed by atoms with Crippen LogP contribution in [0.5, 0.6) is 5.75 Å². The van der Waals surface area contributed by atoms with Gasteiger partial charge in [0.1, 0.15) is 10.9 Å². The van der Waals surface area contributed by atoms with Gasteiger partial charge in [0, 0.05) is 37.0 Å². The van der Waals surface area contributed by atoms with Crippen molar-refractivity contribution in [3.05, 3.63) is 75.0 Å². The van der Waals surface area contributed by atoms with Gasteiger partial charge in [-0.05, 0) is 36.4 Å². The van der Waals surface area contributed by atoms with E-state index >= 15 is 0 Å². The SMILES string of the molecule is COc1ccc2nc(Cl)c(CN3CCc4nc(-c5ccco5)[nH]c(=O)c4C3)cc2c1. The van der Waals surface area contributed by atoms with E-state index in [0.29, 0.717) is 41.8 Å². The molecule has 0 unspecified atom stereocenters. The Morgan fingerprint density at radius 1 is 1.27 bits per heavy atom. The minimum absolute atomic E-state index is 0.136. The third kappa shape index (κ3) is 3.46. The second-order valence-corrected chi connectivity index (χ2v) is 7.63. The van der Waals surface area contributed by atoms with E-state index in [1.54, 1.807) is 25.5 Å². The number of fused-ring (bicyclic) bond motifs is 2. The molecule has 0 aliphatic carbocycles. The van der Waals surface area contributed by atoms with Gasteiger partial charge in [-0.15, -0.1) is 0 Å². The second kappa shape index (κ2) is 7.59. The molecule has 0 spiro atoms.